The predicted molar refractivity (Wildman–Crippen MR) is 84.4 cm³/mol. The summed E-state index contributed by atoms with van der Waals surface area (Å²) in [5.41, 5.74) is 8.98. The molecule has 108 valence electrons. The van der Waals surface area contributed by atoms with E-state index in [-0.39, 0.29) is 6.04 Å². The molecule has 0 radical (unpaired) electrons. The van der Waals surface area contributed by atoms with Crippen molar-refractivity contribution in [2.75, 3.05) is 19.0 Å². The summed E-state index contributed by atoms with van der Waals surface area (Å²) < 4.78 is 5.37. The summed E-state index contributed by atoms with van der Waals surface area (Å²) in [6.45, 7) is 5.01. The summed E-state index contributed by atoms with van der Waals surface area (Å²) in [5, 5.41) is 4.57. The Bertz CT molecular complexity index is 581. The number of rotatable bonds is 6. The standard InChI is InChI=1S/C16H23N3O/c1-11-6-8-19-16-14(11)9-13(20-3)10-15(16)18-7-4-5-12(2)17/h6,8-10,12,18H,4-5,7,17H2,1-3H3. The molecule has 4 heteroatoms. The number of aryl methyl sites for hydroxylation is 1. The molecular weight excluding hydrogens is 250 g/mol. The van der Waals surface area contributed by atoms with Crippen LogP contribution in [0.2, 0.25) is 0 Å². The number of nitrogens with zero attached hydrogens (tertiary/aromatic N) is 1. The van der Waals surface area contributed by atoms with E-state index in [9.17, 15) is 0 Å². The van der Waals surface area contributed by atoms with Gasteiger partial charge in [-0.05, 0) is 44.4 Å². The Labute approximate surface area is 120 Å². The van der Waals surface area contributed by atoms with Gasteiger partial charge in [0.15, 0.2) is 0 Å². The molecule has 3 N–H and O–H groups in total. The monoisotopic (exact) mass is 273 g/mol. The fourth-order valence-corrected chi connectivity index (χ4v) is 2.26. The number of anilines is 1. The molecular formula is C16H23N3O. The van der Waals surface area contributed by atoms with Crippen molar-refractivity contribution in [3.63, 3.8) is 0 Å². The Balaban J connectivity index is 2.24. The maximum Gasteiger partial charge on any atom is 0.121 e. The van der Waals surface area contributed by atoms with Crippen LogP contribution in [0, 0.1) is 6.92 Å². The highest BCUT2D eigenvalue weighted by atomic mass is 16.5. The van der Waals surface area contributed by atoms with E-state index < -0.39 is 0 Å². The van der Waals surface area contributed by atoms with Crippen LogP contribution >= 0.6 is 0 Å². The van der Waals surface area contributed by atoms with Gasteiger partial charge in [-0.15, -0.1) is 0 Å². The Morgan fingerprint density at radius 2 is 2.20 bits per heavy atom. The average Bonchev–Trinajstić information content (AvgIpc) is 2.43. The van der Waals surface area contributed by atoms with Gasteiger partial charge >= 0.3 is 0 Å². The zero-order valence-corrected chi connectivity index (χ0v) is 12.4. The number of hydrogen-bond acceptors (Lipinski definition) is 4. The predicted octanol–water partition coefficient (Wildman–Crippen LogP) is 3.09. The molecule has 2 rings (SSSR count). The number of benzene rings is 1. The maximum absolute atomic E-state index is 5.77. The van der Waals surface area contributed by atoms with Crippen molar-refractivity contribution in [1.82, 2.24) is 4.98 Å². The minimum absolute atomic E-state index is 0.249. The molecule has 0 aliphatic rings. The highest BCUT2D eigenvalue weighted by Crippen LogP contribution is 2.29. The molecule has 1 aromatic carbocycles. The van der Waals surface area contributed by atoms with E-state index in [1.165, 1.54) is 5.56 Å². The molecule has 0 amide bonds. The highest BCUT2D eigenvalue weighted by Gasteiger charge is 2.07. The minimum Gasteiger partial charge on any atom is -0.497 e. The summed E-state index contributed by atoms with van der Waals surface area (Å²) >= 11 is 0. The third kappa shape index (κ3) is 3.39. The molecule has 4 nitrogen and oxygen atoms in total. The summed E-state index contributed by atoms with van der Waals surface area (Å²) in [4.78, 5) is 4.49. The first-order valence-electron chi connectivity index (χ1n) is 7.04. The zero-order valence-electron chi connectivity index (χ0n) is 12.4. The van der Waals surface area contributed by atoms with Crippen molar-refractivity contribution in [2.24, 2.45) is 5.73 Å². The second-order valence-electron chi connectivity index (χ2n) is 5.25. The molecule has 0 fully saturated rings. The number of methoxy groups -OCH3 is 1. The van der Waals surface area contributed by atoms with E-state index in [1.54, 1.807) is 7.11 Å². The number of pyridine rings is 1. The van der Waals surface area contributed by atoms with E-state index in [0.29, 0.717) is 0 Å². The largest absolute Gasteiger partial charge is 0.497 e. The summed E-state index contributed by atoms with van der Waals surface area (Å²) in [6, 6.07) is 6.30. The number of fused-ring (bicyclic) bond motifs is 1. The van der Waals surface area contributed by atoms with Crippen LogP contribution in [0.1, 0.15) is 25.3 Å². The van der Waals surface area contributed by atoms with Gasteiger partial charge in [-0.3, -0.25) is 4.98 Å². The average molecular weight is 273 g/mol. The minimum atomic E-state index is 0.249. The molecule has 0 bridgehead atoms. The SMILES string of the molecule is COc1cc(NCCCC(C)N)c2nccc(C)c2c1. The Morgan fingerprint density at radius 1 is 1.40 bits per heavy atom. The van der Waals surface area contributed by atoms with Crippen LogP contribution in [0.15, 0.2) is 24.4 Å². The second kappa shape index (κ2) is 6.57. The third-order valence-electron chi connectivity index (χ3n) is 3.42. The van der Waals surface area contributed by atoms with Gasteiger partial charge < -0.3 is 15.8 Å². The van der Waals surface area contributed by atoms with Gasteiger partial charge in [0, 0.05) is 30.2 Å². The second-order valence-corrected chi connectivity index (χ2v) is 5.25. The first-order chi connectivity index (χ1) is 9.61. The van der Waals surface area contributed by atoms with Crippen molar-refractivity contribution in [3.8, 4) is 5.75 Å². The molecule has 20 heavy (non-hydrogen) atoms. The molecule has 1 unspecified atom stereocenters. The summed E-state index contributed by atoms with van der Waals surface area (Å²) in [6.07, 6.45) is 3.90. The van der Waals surface area contributed by atoms with Crippen LogP contribution in [-0.4, -0.2) is 24.7 Å². The van der Waals surface area contributed by atoms with E-state index in [0.717, 1.165) is 41.7 Å². The van der Waals surface area contributed by atoms with E-state index >= 15 is 0 Å². The van der Waals surface area contributed by atoms with Gasteiger partial charge in [0.2, 0.25) is 0 Å². The topological polar surface area (TPSA) is 60.2 Å². The van der Waals surface area contributed by atoms with Gasteiger partial charge in [0.1, 0.15) is 5.75 Å². The molecule has 0 aliphatic carbocycles. The summed E-state index contributed by atoms with van der Waals surface area (Å²) in [5.74, 6) is 0.850. The molecule has 1 heterocycles. The normalized spacial score (nSPS) is 12.4. The van der Waals surface area contributed by atoms with Gasteiger partial charge in [-0.2, -0.15) is 0 Å². The molecule has 0 saturated heterocycles. The van der Waals surface area contributed by atoms with Gasteiger partial charge in [0.05, 0.1) is 18.3 Å². The molecule has 0 saturated carbocycles. The first kappa shape index (κ1) is 14.6. The lowest BCUT2D eigenvalue weighted by atomic mass is 10.1. The lowest BCUT2D eigenvalue weighted by molar-refractivity contribution is 0.415. The van der Waals surface area contributed by atoms with Crippen molar-refractivity contribution >= 4 is 16.6 Å². The van der Waals surface area contributed by atoms with Crippen LogP contribution in [0.25, 0.3) is 10.9 Å². The lowest BCUT2D eigenvalue weighted by Crippen LogP contribution is -2.16. The third-order valence-corrected chi connectivity index (χ3v) is 3.42. The molecule has 2 aromatic rings. The van der Waals surface area contributed by atoms with E-state index in [4.69, 9.17) is 10.5 Å². The quantitative estimate of drug-likeness (QED) is 0.794. The maximum atomic E-state index is 5.77. The summed E-state index contributed by atoms with van der Waals surface area (Å²) in [7, 11) is 1.69. The Hall–Kier alpha value is -1.81. The van der Waals surface area contributed by atoms with Crippen LogP contribution in [-0.2, 0) is 0 Å². The number of nitrogens with two attached hydrogens (primary N) is 1. The van der Waals surface area contributed by atoms with Crippen LogP contribution in [0.5, 0.6) is 5.75 Å². The fourth-order valence-electron chi connectivity index (χ4n) is 2.26. The molecule has 0 aliphatic heterocycles. The highest BCUT2D eigenvalue weighted by molar-refractivity contribution is 5.93. The van der Waals surface area contributed by atoms with Crippen LogP contribution < -0.4 is 15.8 Å². The number of aromatic nitrogens is 1. The van der Waals surface area contributed by atoms with Crippen molar-refractivity contribution in [1.29, 1.82) is 0 Å². The van der Waals surface area contributed by atoms with Crippen LogP contribution in [0.4, 0.5) is 5.69 Å². The molecule has 0 spiro atoms. The van der Waals surface area contributed by atoms with Crippen molar-refractivity contribution in [3.05, 3.63) is 30.0 Å². The van der Waals surface area contributed by atoms with E-state index in [1.807, 2.05) is 31.3 Å². The van der Waals surface area contributed by atoms with Crippen LogP contribution in [0.3, 0.4) is 0 Å². The van der Waals surface area contributed by atoms with Gasteiger partial charge in [0.25, 0.3) is 0 Å². The van der Waals surface area contributed by atoms with Gasteiger partial charge in [-0.1, -0.05) is 0 Å². The van der Waals surface area contributed by atoms with Gasteiger partial charge in [-0.25, -0.2) is 0 Å². The van der Waals surface area contributed by atoms with Crippen molar-refractivity contribution < 1.29 is 4.74 Å². The number of hydrogen-bond donors (Lipinski definition) is 2. The lowest BCUT2D eigenvalue weighted by Gasteiger charge is -2.13. The Morgan fingerprint density at radius 3 is 2.90 bits per heavy atom. The molecule has 1 atom stereocenters. The first-order valence-corrected chi connectivity index (χ1v) is 7.04. The smallest absolute Gasteiger partial charge is 0.121 e. The Kier molecular flexibility index (Phi) is 4.79. The van der Waals surface area contributed by atoms with E-state index in [2.05, 4.69) is 17.2 Å². The molecule has 1 aromatic heterocycles. The fraction of sp³-hybridized carbons (Fsp3) is 0.438. The number of nitrogens with one attached hydrogen (secondary N) is 1. The number of ether oxygens (including phenoxy) is 1. The van der Waals surface area contributed by atoms with Crippen molar-refractivity contribution in [2.45, 2.75) is 32.7 Å². The zero-order chi connectivity index (χ0) is 14.5.